The molecule has 0 aliphatic heterocycles. The molecule has 0 bridgehead atoms. The van der Waals surface area contributed by atoms with Crippen molar-refractivity contribution >= 4 is 0 Å². The van der Waals surface area contributed by atoms with Gasteiger partial charge in [-0.25, -0.2) is 0 Å². The van der Waals surface area contributed by atoms with Crippen LogP contribution in [0.2, 0.25) is 0 Å². The van der Waals surface area contributed by atoms with Gasteiger partial charge in [-0.2, -0.15) is 0 Å². The number of hydrogen-bond acceptors (Lipinski definition) is 2. The fourth-order valence-electron chi connectivity index (χ4n) is 1.10. The van der Waals surface area contributed by atoms with Crippen LogP contribution >= 0.6 is 0 Å². The van der Waals surface area contributed by atoms with Gasteiger partial charge in [0.2, 0.25) is 0 Å². The molecule has 0 aromatic carbocycles. The standard InChI is InChI=1S/C8H19NO/c1-5-8(10)7(2)6-9(3)4/h7-8,10H,5-6H2,1-4H3. The fourth-order valence-corrected chi connectivity index (χ4v) is 1.10. The first-order chi connectivity index (χ1) is 4.57. The Kier molecular flexibility index (Phi) is 4.65. The smallest absolute Gasteiger partial charge is 0.0575 e. The van der Waals surface area contributed by atoms with Gasteiger partial charge in [0.05, 0.1) is 6.10 Å². The van der Waals surface area contributed by atoms with Crippen LogP contribution in [-0.4, -0.2) is 36.8 Å². The van der Waals surface area contributed by atoms with Gasteiger partial charge in [0.15, 0.2) is 0 Å². The lowest BCUT2D eigenvalue weighted by Gasteiger charge is -2.20. The van der Waals surface area contributed by atoms with E-state index in [1.54, 1.807) is 0 Å². The molecule has 0 spiro atoms. The van der Waals surface area contributed by atoms with Crippen LogP contribution < -0.4 is 0 Å². The molecule has 2 unspecified atom stereocenters. The quantitative estimate of drug-likeness (QED) is 0.637. The topological polar surface area (TPSA) is 23.5 Å². The Morgan fingerprint density at radius 1 is 1.40 bits per heavy atom. The molecule has 2 heteroatoms. The monoisotopic (exact) mass is 145 g/mol. The third kappa shape index (κ3) is 3.85. The highest BCUT2D eigenvalue weighted by Crippen LogP contribution is 2.06. The Labute approximate surface area is 63.8 Å². The molecule has 0 saturated carbocycles. The largest absolute Gasteiger partial charge is 0.393 e. The highest BCUT2D eigenvalue weighted by atomic mass is 16.3. The maximum atomic E-state index is 9.35. The Morgan fingerprint density at radius 2 is 1.90 bits per heavy atom. The number of rotatable bonds is 4. The van der Waals surface area contributed by atoms with Crippen LogP contribution in [0.25, 0.3) is 0 Å². The molecule has 0 aliphatic rings. The minimum atomic E-state index is -0.137. The predicted molar refractivity (Wildman–Crippen MR) is 44.0 cm³/mol. The first-order valence-corrected chi connectivity index (χ1v) is 3.90. The molecule has 0 heterocycles. The molecule has 0 fully saturated rings. The van der Waals surface area contributed by atoms with Crippen molar-refractivity contribution in [3.05, 3.63) is 0 Å². The van der Waals surface area contributed by atoms with Crippen LogP contribution in [0, 0.1) is 5.92 Å². The minimum Gasteiger partial charge on any atom is -0.393 e. The van der Waals surface area contributed by atoms with Crippen molar-refractivity contribution < 1.29 is 5.11 Å². The Morgan fingerprint density at radius 3 is 2.20 bits per heavy atom. The van der Waals surface area contributed by atoms with E-state index >= 15 is 0 Å². The molecule has 0 amide bonds. The van der Waals surface area contributed by atoms with E-state index in [1.807, 2.05) is 21.0 Å². The third-order valence-corrected chi connectivity index (χ3v) is 1.73. The van der Waals surface area contributed by atoms with E-state index in [0.29, 0.717) is 5.92 Å². The summed E-state index contributed by atoms with van der Waals surface area (Å²) in [6.45, 7) is 5.06. The van der Waals surface area contributed by atoms with E-state index in [-0.39, 0.29) is 6.10 Å². The summed E-state index contributed by atoms with van der Waals surface area (Å²) in [6.07, 6.45) is 0.719. The molecule has 10 heavy (non-hydrogen) atoms. The lowest BCUT2D eigenvalue weighted by Crippen LogP contribution is -2.28. The Bertz CT molecular complexity index is 83.3. The van der Waals surface area contributed by atoms with Gasteiger partial charge in [-0.05, 0) is 26.4 Å². The Balaban J connectivity index is 3.50. The van der Waals surface area contributed by atoms with Crippen molar-refractivity contribution in [2.75, 3.05) is 20.6 Å². The summed E-state index contributed by atoms with van der Waals surface area (Å²) in [7, 11) is 4.05. The third-order valence-electron chi connectivity index (χ3n) is 1.73. The number of hydrogen-bond donors (Lipinski definition) is 1. The molecule has 0 radical (unpaired) electrons. The van der Waals surface area contributed by atoms with E-state index in [0.717, 1.165) is 13.0 Å². The van der Waals surface area contributed by atoms with Crippen molar-refractivity contribution in [3.63, 3.8) is 0 Å². The molecule has 0 aromatic rings. The maximum absolute atomic E-state index is 9.35. The normalized spacial score (nSPS) is 17.4. The zero-order valence-electron chi connectivity index (χ0n) is 7.46. The zero-order valence-corrected chi connectivity index (χ0v) is 7.46. The number of nitrogens with zero attached hydrogens (tertiary/aromatic N) is 1. The second-order valence-corrected chi connectivity index (χ2v) is 3.22. The van der Waals surface area contributed by atoms with Gasteiger partial charge in [-0.1, -0.05) is 13.8 Å². The van der Waals surface area contributed by atoms with Crippen molar-refractivity contribution in [2.45, 2.75) is 26.4 Å². The summed E-state index contributed by atoms with van der Waals surface area (Å²) in [4.78, 5) is 2.10. The lowest BCUT2D eigenvalue weighted by atomic mass is 10.0. The molecule has 0 aliphatic carbocycles. The van der Waals surface area contributed by atoms with Crippen LogP contribution in [0.15, 0.2) is 0 Å². The second-order valence-electron chi connectivity index (χ2n) is 3.22. The molecule has 1 N–H and O–H groups in total. The van der Waals surface area contributed by atoms with Gasteiger partial charge < -0.3 is 10.0 Å². The van der Waals surface area contributed by atoms with Crippen molar-refractivity contribution in [1.29, 1.82) is 0 Å². The van der Waals surface area contributed by atoms with Crippen molar-refractivity contribution in [3.8, 4) is 0 Å². The SMILES string of the molecule is CCC(O)C(C)CN(C)C. The first kappa shape index (κ1) is 9.92. The van der Waals surface area contributed by atoms with E-state index in [1.165, 1.54) is 0 Å². The number of aliphatic hydroxyl groups is 1. The van der Waals surface area contributed by atoms with E-state index < -0.39 is 0 Å². The fraction of sp³-hybridized carbons (Fsp3) is 1.00. The molecule has 0 aromatic heterocycles. The van der Waals surface area contributed by atoms with Gasteiger partial charge >= 0.3 is 0 Å². The van der Waals surface area contributed by atoms with Gasteiger partial charge in [-0.3, -0.25) is 0 Å². The first-order valence-electron chi connectivity index (χ1n) is 3.90. The highest BCUT2D eigenvalue weighted by molar-refractivity contribution is 4.64. The summed E-state index contributed by atoms with van der Waals surface area (Å²) in [5.74, 6) is 0.389. The molecule has 0 saturated heterocycles. The van der Waals surface area contributed by atoms with Crippen LogP contribution in [-0.2, 0) is 0 Å². The van der Waals surface area contributed by atoms with Gasteiger partial charge in [0.25, 0.3) is 0 Å². The Hall–Kier alpha value is -0.0800. The molecule has 62 valence electrons. The van der Waals surface area contributed by atoms with Crippen LogP contribution in [0.3, 0.4) is 0 Å². The zero-order chi connectivity index (χ0) is 8.15. The molecular weight excluding hydrogens is 126 g/mol. The average Bonchev–Trinajstić information content (AvgIpc) is 1.85. The second kappa shape index (κ2) is 4.69. The van der Waals surface area contributed by atoms with E-state index in [4.69, 9.17) is 0 Å². The van der Waals surface area contributed by atoms with Crippen LogP contribution in [0.1, 0.15) is 20.3 Å². The lowest BCUT2D eigenvalue weighted by molar-refractivity contribution is 0.0964. The molecular formula is C8H19NO. The van der Waals surface area contributed by atoms with Gasteiger partial charge in [0, 0.05) is 6.54 Å². The summed E-state index contributed by atoms with van der Waals surface area (Å²) in [6, 6.07) is 0. The van der Waals surface area contributed by atoms with Gasteiger partial charge in [-0.15, -0.1) is 0 Å². The van der Waals surface area contributed by atoms with Crippen LogP contribution in [0.4, 0.5) is 0 Å². The number of aliphatic hydroxyl groups excluding tert-OH is 1. The van der Waals surface area contributed by atoms with Crippen LogP contribution in [0.5, 0.6) is 0 Å². The summed E-state index contributed by atoms with van der Waals surface area (Å²) < 4.78 is 0. The summed E-state index contributed by atoms with van der Waals surface area (Å²) >= 11 is 0. The summed E-state index contributed by atoms with van der Waals surface area (Å²) in [5, 5.41) is 9.35. The summed E-state index contributed by atoms with van der Waals surface area (Å²) in [5.41, 5.74) is 0. The maximum Gasteiger partial charge on any atom is 0.0575 e. The molecule has 0 rings (SSSR count). The minimum absolute atomic E-state index is 0.137. The highest BCUT2D eigenvalue weighted by Gasteiger charge is 2.11. The predicted octanol–water partition coefficient (Wildman–Crippen LogP) is 0.955. The van der Waals surface area contributed by atoms with Gasteiger partial charge in [0.1, 0.15) is 0 Å². The van der Waals surface area contributed by atoms with E-state index in [9.17, 15) is 5.11 Å². The average molecular weight is 145 g/mol. The van der Waals surface area contributed by atoms with Crippen molar-refractivity contribution in [1.82, 2.24) is 4.90 Å². The molecule has 2 nitrogen and oxygen atoms in total. The van der Waals surface area contributed by atoms with E-state index in [2.05, 4.69) is 11.8 Å². The molecule has 2 atom stereocenters. The van der Waals surface area contributed by atoms with Crippen molar-refractivity contribution in [2.24, 2.45) is 5.92 Å².